The Balaban J connectivity index is 1.22. The van der Waals surface area contributed by atoms with E-state index in [1.807, 2.05) is 0 Å². The molecule has 29 heavy (non-hydrogen) atoms. The van der Waals surface area contributed by atoms with Gasteiger partial charge in [-0.2, -0.15) is 0 Å². The van der Waals surface area contributed by atoms with Gasteiger partial charge in [-0.25, -0.2) is 0 Å². The number of hydrogen-bond acceptors (Lipinski definition) is 4. The largest absolute Gasteiger partial charge is 0.362 e. The molecule has 1 amide bonds. The maximum Gasteiger partial charge on any atom is 0.239 e. The predicted molar refractivity (Wildman–Crippen MR) is 114 cm³/mol. The normalized spacial score (nSPS) is 40.0. The topological polar surface area (TPSA) is 59.6 Å². The maximum absolute atomic E-state index is 12.9. The summed E-state index contributed by atoms with van der Waals surface area (Å²) < 4.78 is 5.78. The Kier molecular flexibility index (Phi) is 8.13. The number of halogens is 1. The van der Waals surface area contributed by atoms with Gasteiger partial charge in [-0.05, 0) is 68.1 Å². The fraction of sp³-hybridized carbons (Fsp3) is 0.957. The van der Waals surface area contributed by atoms with Gasteiger partial charge in [-0.3, -0.25) is 15.1 Å². The Morgan fingerprint density at radius 3 is 2.38 bits per heavy atom. The first-order valence-electron chi connectivity index (χ1n) is 12.1. The molecule has 4 aliphatic carbocycles. The van der Waals surface area contributed by atoms with Gasteiger partial charge in [0.25, 0.3) is 0 Å². The number of amides is 1. The number of nitrogens with one attached hydrogen (secondary N) is 2. The fourth-order valence-electron chi connectivity index (χ4n) is 7.14. The van der Waals surface area contributed by atoms with Gasteiger partial charge >= 0.3 is 0 Å². The van der Waals surface area contributed by atoms with Gasteiger partial charge in [0.15, 0.2) is 0 Å². The van der Waals surface area contributed by atoms with Crippen LogP contribution in [0.15, 0.2) is 0 Å². The summed E-state index contributed by atoms with van der Waals surface area (Å²) in [6.07, 6.45) is 16.3. The van der Waals surface area contributed by atoms with Crippen LogP contribution in [0.1, 0.15) is 83.5 Å². The number of ether oxygens (including phenoxy) is 1. The average Bonchev–Trinajstić information content (AvgIpc) is 2.77. The van der Waals surface area contributed by atoms with Gasteiger partial charge in [-0.1, -0.05) is 56.5 Å². The molecule has 0 aromatic rings. The van der Waals surface area contributed by atoms with E-state index in [0.29, 0.717) is 24.4 Å². The summed E-state index contributed by atoms with van der Waals surface area (Å²) in [5.74, 6) is 3.41. The second-order valence-electron chi connectivity index (χ2n) is 9.91. The van der Waals surface area contributed by atoms with Crippen LogP contribution in [0.5, 0.6) is 0 Å². The Labute approximate surface area is 180 Å². The number of rotatable bonds is 7. The molecule has 0 heterocycles. The van der Waals surface area contributed by atoms with Gasteiger partial charge in [-0.15, -0.1) is 5.59 Å². The van der Waals surface area contributed by atoms with Crippen molar-refractivity contribution in [3.05, 3.63) is 0 Å². The lowest BCUT2D eigenvalue weighted by atomic mass is 9.64. The molecular weight excluding hydrogens is 388 g/mol. The van der Waals surface area contributed by atoms with E-state index in [9.17, 15) is 4.79 Å². The van der Waals surface area contributed by atoms with Gasteiger partial charge in [0.05, 0.1) is 12.7 Å². The van der Waals surface area contributed by atoms with Gasteiger partial charge in [0.2, 0.25) is 5.91 Å². The first-order chi connectivity index (χ1) is 14.3. The van der Waals surface area contributed by atoms with E-state index < -0.39 is 0 Å². The van der Waals surface area contributed by atoms with E-state index in [-0.39, 0.29) is 24.0 Å². The monoisotopic (exact) mass is 426 g/mol. The molecule has 4 rings (SSSR count). The van der Waals surface area contributed by atoms with Crippen molar-refractivity contribution in [1.82, 2.24) is 11.0 Å². The number of carbonyl (C=O) groups is 1. The first kappa shape index (κ1) is 21.9. The quantitative estimate of drug-likeness (QED) is 0.343. The molecule has 0 radical (unpaired) electrons. The van der Waals surface area contributed by atoms with E-state index in [1.54, 1.807) is 0 Å². The minimum atomic E-state index is 0.0592. The van der Waals surface area contributed by atoms with Crippen LogP contribution in [0.4, 0.5) is 0 Å². The van der Waals surface area contributed by atoms with Crippen LogP contribution in [0.25, 0.3) is 0 Å². The number of alkyl halides is 1. The van der Waals surface area contributed by atoms with Gasteiger partial charge in [0, 0.05) is 5.92 Å². The molecule has 0 bridgehead atoms. The summed E-state index contributed by atoms with van der Waals surface area (Å²) in [6, 6.07) is 0.253. The van der Waals surface area contributed by atoms with Crippen molar-refractivity contribution in [2.75, 3.05) is 12.7 Å². The second kappa shape index (κ2) is 10.8. The SMILES string of the molecule is O=C(NNOCC1CCCC2CCCCC21)C1CCC(OCCl)C2CCCCC12. The number of hydrogen-bond donors (Lipinski definition) is 2. The third-order valence-corrected chi connectivity index (χ3v) is 8.64. The summed E-state index contributed by atoms with van der Waals surface area (Å²) in [7, 11) is 0. The van der Waals surface area contributed by atoms with Crippen LogP contribution in [-0.4, -0.2) is 24.7 Å². The number of carbonyl (C=O) groups excluding carboxylic acids is 1. The highest BCUT2D eigenvalue weighted by atomic mass is 35.5. The van der Waals surface area contributed by atoms with Crippen LogP contribution in [0.3, 0.4) is 0 Å². The molecule has 7 atom stereocenters. The highest BCUT2D eigenvalue weighted by Crippen LogP contribution is 2.45. The third-order valence-electron chi connectivity index (χ3n) is 8.51. The van der Waals surface area contributed by atoms with Crippen molar-refractivity contribution in [3.8, 4) is 0 Å². The zero-order chi connectivity index (χ0) is 20.1. The Morgan fingerprint density at radius 2 is 1.55 bits per heavy atom. The first-order valence-corrected chi connectivity index (χ1v) is 12.7. The van der Waals surface area contributed by atoms with E-state index in [0.717, 1.165) is 37.5 Å². The second-order valence-corrected chi connectivity index (χ2v) is 10.1. The van der Waals surface area contributed by atoms with E-state index >= 15 is 0 Å². The summed E-state index contributed by atoms with van der Waals surface area (Å²) in [4.78, 5) is 18.6. The maximum atomic E-state index is 12.9. The van der Waals surface area contributed by atoms with Crippen LogP contribution >= 0.6 is 11.6 Å². The lowest BCUT2D eigenvalue weighted by Crippen LogP contribution is -2.50. The predicted octanol–water partition coefficient (Wildman–Crippen LogP) is 4.94. The summed E-state index contributed by atoms with van der Waals surface area (Å²) >= 11 is 5.83. The van der Waals surface area contributed by atoms with Crippen LogP contribution in [-0.2, 0) is 14.4 Å². The molecule has 0 spiro atoms. The molecular formula is C23H39ClN2O3. The molecule has 0 aromatic carbocycles. The molecule has 7 unspecified atom stereocenters. The minimum absolute atomic E-state index is 0.0592. The Bertz CT molecular complexity index is 532. The van der Waals surface area contributed by atoms with Crippen LogP contribution in [0.2, 0.25) is 0 Å². The molecule has 6 heteroatoms. The zero-order valence-electron chi connectivity index (χ0n) is 17.8. The minimum Gasteiger partial charge on any atom is -0.362 e. The standard InChI is InChI=1S/C23H39ClN2O3/c24-15-28-22-13-12-21(19-10-3-4-11-20(19)22)23(27)25-26-29-14-17-8-5-7-16-6-1-2-9-18(16)17/h16-22,26H,1-15H2,(H,25,27). The van der Waals surface area contributed by atoms with Crippen molar-refractivity contribution >= 4 is 17.5 Å². The summed E-state index contributed by atoms with van der Waals surface area (Å²) in [6.45, 7) is 0.712. The molecule has 4 fully saturated rings. The molecule has 0 aliphatic heterocycles. The summed E-state index contributed by atoms with van der Waals surface area (Å²) in [5, 5.41) is 0. The molecule has 5 nitrogen and oxygen atoms in total. The van der Waals surface area contributed by atoms with Crippen molar-refractivity contribution in [3.63, 3.8) is 0 Å². The molecule has 4 saturated carbocycles. The number of fused-ring (bicyclic) bond motifs is 2. The van der Waals surface area contributed by atoms with Crippen molar-refractivity contribution in [2.24, 2.45) is 35.5 Å². The Morgan fingerprint density at radius 1 is 0.828 bits per heavy atom. The highest BCUT2D eigenvalue weighted by Gasteiger charge is 2.44. The number of hydrazine groups is 1. The third kappa shape index (κ3) is 5.28. The van der Waals surface area contributed by atoms with E-state index in [1.165, 1.54) is 57.8 Å². The lowest BCUT2D eigenvalue weighted by molar-refractivity contribution is -0.141. The van der Waals surface area contributed by atoms with Gasteiger partial charge in [0.1, 0.15) is 6.07 Å². The van der Waals surface area contributed by atoms with Crippen molar-refractivity contribution < 1.29 is 14.4 Å². The smallest absolute Gasteiger partial charge is 0.239 e. The van der Waals surface area contributed by atoms with E-state index in [2.05, 4.69) is 11.0 Å². The zero-order valence-corrected chi connectivity index (χ0v) is 18.5. The van der Waals surface area contributed by atoms with E-state index in [4.69, 9.17) is 21.2 Å². The van der Waals surface area contributed by atoms with Crippen molar-refractivity contribution in [1.29, 1.82) is 0 Å². The van der Waals surface area contributed by atoms with Crippen LogP contribution < -0.4 is 11.0 Å². The average molecular weight is 427 g/mol. The van der Waals surface area contributed by atoms with Crippen LogP contribution in [0, 0.1) is 35.5 Å². The highest BCUT2D eigenvalue weighted by molar-refractivity contribution is 6.17. The molecule has 166 valence electrons. The lowest BCUT2D eigenvalue weighted by Gasteiger charge is -2.44. The Hall–Kier alpha value is -0.360. The molecule has 0 aromatic heterocycles. The summed E-state index contributed by atoms with van der Waals surface area (Å²) in [5.41, 5.74) is 5.67. The van der Waals surface area contributed by atoms with Gasteiger partial charge < -0.3 is 4.74 Å². The fourth-order valence-corrected chi connectivity index (χ4v) is 7.30. The molecule has 0 saturated heterocycles. The molecule has 4 aliphatic rings. The molecule has 2 N–H and O–H groups in total. The van der Waals surface area contributed by atoms with Crippen molar-refractivity contribution in [2.45, 2.75) is 89.6 Å².